The molecule has 0 saturated carbocycles. The van der Waals surface area contributed by atoms with Crippen LogP contribution in [0.5, 0.6) is 0 Å². The molecule has 0 spiro atoms. The van der Waals surface area contributed by atoms with Gasteiger partial charge in [0, 0.05) is 10.8 Å². The fraction of sp³-hybridized carbons (Fsp3) is 0.500. The molecule has 0 aliphatic rings. The number of amides is 2. The SMILES string of the molecule is CC(NC(=O)Nc1nncs1)c1nc(C(C)(C)C)cs1. The van der Waals surface area contributed by atoms with Crippen LogP contribution < -0.4 is 10.6 Å². The van der Waals surface area contributed by atoms with Crippen LogP contribution in [-0.4, -0.2) is 21.2 Å². The van der Waals surface area contributed by atoms with Crippen molar-refractivity contribution in [1.82, 2.24) is 20.5 Å². The normalized spacial score (nSPS) is 13.0. The molecule has 0 aliphatic carbocycles. The zero-order valence-corrected chi connectivity index (χ0v) is 13.4. The summed E-state index contributed by atoms with van der Waals surface area (Å²) in [6.07, 6.45) is 0. The average molecular weight is 311 g/mol. The minimum Gasteiger partial charge on any atom is -0.329 e. The Hall–Kier alpha value is -1.54. The molecule has 2 amide bonds. The molecule has 2 rings (SSSR count). The quantitative estimate of drug-likeness (QED) is 0.912. The van der Waals surface area contributed by atoms with Crippen LogP contribution in [0.3, 0.4) is 0 Å². The Morgan fingerprint density at radius 2 is 2.10 bits per heavy atom. The van der Waals surface area contributed by atoms with E-state index in [1.165, 1.54) is 11.3 Å². The number of carbonyl (C=O) groups excluding carboxylic acids is 1. The molecule has 2 aromatic heterocycles. The average Bonchev–Trinajstić information content (AvgIpc) is 2.97. The first-order valence-corrected chi connectivity index (χ1v) is 7.92. The number of aromatic nitrogens is 3. The monoisotopic (exact) mass is 311 g/mol. The fourth-order valence-corrected chi connectivity index (χ4v) is 2.94. The number of urea groups is 1. The van der Waals surface area contributed by atoms with Gasteiger partial charge in [0.15, 0.2) is 0 Å². The lowest BCUT2D eigenvalue weighted by Gasteiger charge is -2.15. The van der Waals surface area contributed by atoms with Crippen molar-refractivity contribution in [2.24, 2.45) is 0 Å². The molecule has 8 heteroatoms. The second-order valence-electron chi connectivity index (χ2n) is 5.39. The Labute approximate surface area is 125 Å². The summed E-state index contributed by atoms with van der Waals surface area (Å²) in [5.41, 5.74) is 2.62. The molecule has 6 nitrogen and oxygen atoms in total. The second-order valence-corrected chi connectivity index (χ2v) is 7.11. The first-order chi connectivity index (χ1) is 9.36. The smallest absolute Gasteiger partial charge is 0.321 e. The van der Waals surface area contributed by atoms with Gasteiger partial charge >= 0.3 is 6.03 Å². The molecule has 1 unspecified atom stereocenters. The molecule has 0 saturated heterocycles. The first-order valence-electron chi connectivity index (χ1n) is 6.16. The predicted molar refractivity (Wildman–Crippen MR) is 81.3 cm³/mol. The molecule has 1 atom stereocenters. The third kappa shape index (κ3) is 3.73. The van der Waals surface area contributed by atoms with E-state index in [9.17, 15) is 4.79 Å². The Balaban J connectivity index is 1.96. The third-order valence-corrected chi connectivity index (χ3v) is 4.22. The van der Waals surface area contributed by atoms with Crippen molar-refractivity contribution in [1.29, 1.82) is 0 Å². The van der Waals surface area contributed by atoms with E-state index >= 15 is 0 Å². The number of anilines is 1. The zero-order valence-electron chi connectivity index (χ0n) is 11.8. The molecule has 0 aliphatic heterocycles. The van der Waals surface area contributed by atoms with Gasteiger partial charge in [-0.1, -0.05) is 32.1 Å². The van der Waals surface area contributed by atoms with Crippen LogP contribution in [0.25, 0.3) is 0 Å². The van der Waals surface area contributed by atoms with E-state index in [1.807, 2.05) is 12.3 Å². The Morgan fingerprint density at radius 3 is 2.65 bits per heavy atom. The van der Waals surface area contributed by atoms with E-state index in [2.05, 4.69) is 46.6 Å². The van der Waals surface area contributed by atoms with Crippen LogP contribution in [0.1, 0.15) is 44.4 Å². The summed E-state index contributed by atoms with van der Waals surface area (Å²) in [5, 5.41) is 16.3. The lowest BCUT2D eigenvalue weighted by atomic mass is 9.93. The minimum absolute atomic E-state index is 0.0171. The largest absolute Gasteiger partial charge is 0.329 e. The van der Waals surface area contributed by atoms with Crippen molar-refractivity contribution >= 4 is 33.8 Å². The summed E-state index contributed by atoms with van der Waals surface area (Å²) in [5.74, 6) is 0. The summed E-state index contributed by atoms with van der Waals surface area (Å²) < 4.78 is 0. The van der Waals surface area contributed by atoms with Crippen LogP contribution in [0.4, 0.5) is 9.93 Å². The van der Waals surface area contributed by atoms with E-state index < -0.39 is 0 Å². The van der Waals surface area contributed by atoms with Crippen molar-refractivity contribution < 1.29 is 4.79 Å². The number of thiazole rings is 1. The van der Waals surface area contributed by atoms with E-state index in [1.54, 1.807) is 16.8 Å². The van der Waals surface area contributed by atoms with Crippen molar-refractivity contribution in [3.8, 4) is 0 Å². The molecule has 2 N–H and O–H groups in total. The summed E-state index contributed by atoms with van der Waals surface area (Å²) in [7, 11) is 0. The van der Waals surface area contributed by atoms with Gasteiger partial charge in [0.25, 0.3) is 0 Å². The third-order valence-electron chi connectivity index (χ3n) is 2.59. The first kappa shape index (κ1) is 14.9. The number of nitrogens with zero attached hydrogens (tertiary/aromatic N) is 3. The highest BCUT2D eigenvalue weighted by atomic mass is 32.1. The number of hydrogen-bond donors (Lipinski definition) is 2. The standard InChI is InChI=1S/C12H17N5OS2/c1-7(9-15-8(5-19-9)12(2,3)4)14-10(18)16-11-17-13-6-20-11/h5-7H,1-4H3,(H2,14,16,17,18). The van der Waals surface area contributed by atoms with Gasteiger partial charge in [0.05, 0.1) is 11.7 Å². The lowest BCUT2D eigenvalue weighted by Crippen LogP contribution is -2.31. The van der Waals surface area contributed by atoms with Gasteiger partial charge in [-0.3, -0.25) is 5.32 Å². The Kier molecular flexibility index (Phi) is 4.34. The van der Waals surface area contributed by atoms with Gasteiger partial charge < -0.3 is 5.32 Å². The molecular weight excluding hydrogens is 294 g/mol. The summed E-state index contributed by atoms with van der Waals surface area (Å²) in [6, 6.07) is -0.453. The van der Waals surface area contributed by atoms with E-state index in [4.69, 9.17) is 0 Å². The topological polar surface area (TPSA) is 79.8 Å². The number of nitrogens with one attached hydrogen (secondary N) is 2. The predicted octanol–water partition coefficient (Wildman–Crippen LogP) is 3.17. The fourth-order valence-electron chi connectivity index (χ4n) is 1.45. The summed E-state index contributed by atoms with van der Waals surface area (Å²) in [6.45, 7) is 8.26. The van der Waals surface area contributed by atoms with Gasteiger partial charge in [-0.15, -0.1) is 21.5 Å². The summed E-state index contributed by atoms with van der Waals surface area (Å²) >= 11 is 2.83. The van der Waals surface area contributed by atoms with E-state index in [0.717, 1.165) is 10.7 Å². The van der Waals surface area contributed by atoms with Crippen LogP contribution in [0.2, 0.25) is 0 Å². The maximum absolute atomic E-state index is 11.8. The highest BCUT2D eigenvalue weighted by Gasteiger charge is 2.20. The van der Waals surface area contributed by atoms with Crippen LogP contribution in [0.15, 0.2) is 10.9 Å². The number of hydrogen-bond acceptors (Lipinski definition) is 6. The zero-order chi connectivity index (χ0) is 14.8. The molecule has 0 aromatic carbocycles. The van der Waals surface area contributed by atoms with Crippen molar-refractivity contribution in [2.45, 2.75) is 39.2 Å². The molecule has 108 valence electrons. The van der Waals surface area contributed by atoms with Crippen molar-refractivity contribution in [2.75, 3.05) is 5.32 Å². The van der Waals surface area contributed by atoms with Gasteiger partial charge in [-0.25, -0.2) is 9.78 Å². The molecule has 0 radical (unpaired) electrons. The number of carbonyl (C=O) groups is 1. The van der Waals surface area contributed by atoms with Crippen molar-refractivity contribution in [3.63, 3.8) is 0 Å². The molecule has 0 bridgehead atoms. The number of rotatable bonds is 3. The molecule has 20 heavy (non-hydrogen) atoms. The highest BCUT2D eigenvalue weighted by Crippen LogP contribution is 2.26. The van der Waals surface area contributed by atoms with Gasteiger partial charge in [-0.2, -0.15) is 0 Å². The minimum atomic E-state index is -0.304. The van der Waals surface area contributed by atoms with Crippen LogP contribution in [0, 0.1) is 0 Å². The Bertz CT molecular complexity index is 573. The molecule has 2 aromatic rings. The Morgan fingerprint density at radius 1 is 1.35 bits per heavy atom. The van der Waals surface area contributed by atoms with Gasteiger partial charge in [-0.05, 0) is 6.92 Å². The maximum Gasteiger partial charge on any atom is 0.321 e. The van der Waals surface area contributed by atoms with Gasteiger partial charge in [0.1, 0.15) is 10.5 Å². The summed E-state index contributed by atoms with van der Waals surface area (Å²) in [4.78, 5) is 16.4. The molecule has 2 heterocycles. The van der Waals surface area contributed by atoms with Crippen LogP contribution >= 0.6 is 22.7 Å². The van der Waals surface area contributed by atoms with Crippen LogP contribution in [-0.2, 0) is 5.41 Å². The second kappa shape index (κ2) is 5.84. The maximum atomic E-state index is 11.8. The van der Waals surface area contributed by atoms with Crippen molar-refractivity contribution in [3.05, 3.63) is 21.6 Å². The molecular formula is C12H17N5OS2. The lowest BCUT2D eigenvalue weighted by molar-refractivity contribution is 0.249. The van der Waals surface area contributed by atoms with E-state index in [-0.39, 0.29) is 17.5 Å². The van der Waals surface area contributed by atoms with Gasteiger partial charge in [0.2, 0.25) is 5.13 Å². The highest BCUT2D eigenvalue weighted by molar-refractivity contribution is 7.13. The van der Waals surface area contributed by atoms with E-state index in [0.29, 0.717) is 5.13 Å². The molecule has 0 fully saturated rings.